The highest BCUT2D eigenvalue weighted by Crippen LogP contribution is 2.31. The molecule has 1 unspecified atom stereocenters. The van der Waals surface area contributed by atoms with Crippen molar-refractivity contribution in [1.82, 2.24) is 5.32 Å². The summed E-state index contributed by atoms with van der Waals surface area (Å²) < 4.78 is 77.8. The van der Waals surface area contributed by atoms with E-state index in [1.54, 1.807) is 6.92 Å². The number of hydrogen-bond acceptors (Lipinski definition) is 3. The standard InChI is InChI=1S/C23H26F4N2O3S/c1-4-5-6-18-13-19(23(25,26)27)10-7-16(18)9-12-22(30)28-15(2)17-8-11-21(20(24)14-17)29-33(3,31)32/h7-15,29H,4-6H2,1-3H3,(H,28,30). The van der Waals surface area contributed by atoms with Crippen LogP contribution in [0.3, 0.4) is 0 Å². The molecule has 1 atom stereocenters. The maximum absolute atomic E-state index is 14.2. The summed E-state index contributed by atoms with van der Waals surface area (Å²) in [4.78, 5) is 12.3. The average molecular weight is 487 g/mol. The second kappa shape index (κ2) is 10.8. The number of anilines is 1. The highest BCUT2D eigenvalue weighted by Gasteiger charge is 2.30. The van der Waals surface area contributed by atoms with E-state index in [2.05, 4.69) is 10.0 Å². The minimum atomic E-state index is -4.45. The Morgan fingerprint density at radius 2 is 1.85 bits per heavy atom. The van der Waals surface area contributed by atoms with Crippen molar-refractivity contribution in [2.24, 2.45) is 0 Å². The van der Waals surface area contributed by atoms with Gasteiger partial charge >= 0.3 is 6.18 Å². The van der Waals surface area contributed by atoms with E-state index >= 15 is 0 Å². The van der Waals surface area contributed by atoms with Gasteiger partial charge in [0.25, 0.3) is 0 Å². The summed E-state index contributed by atoms with van der Waals surface area (Å²) in [6.45, 7) is 3.56. The maximum Gasteiger partial charge on any atom is 0.416 e. The van der Waals surface area contributed by atoms with Crippen molar-refractivity contribution in [2.45, 2.75) is 45.3 Å². The van der Waals surface area contributed by atoms with E-state index < -0.39 is 39.5 Å². The fourth-order valence-electron chi connectivity index (χ4n) is 3.12. The van der Waals surface area contributed by atoms with Crippen LogP contribution < -0.4 is 10.0 Å². The molecule has 0 aliphatic rings. The van der Waals surface area contributed by atoms with Crippen molar-refractivity contribution < 1.29 is 30.8 Å². The van der Waals surface area contributed by atoms with E-state index in [-0.39, 0.29) is 5.69 Å². The van der Waals surface area contributed by atoms with Crippen molar-refractivity contribution >= 4 is 27.7 Å². The quantitative estimate of drug-likeness (QED) is 0.366. The molecule has 0 aromatic heterocycles. The van der Waals surface area contributed by atoms with Crippen LogP contribution in [-0.2, 0) is 27.4 Å². The van der Waals surface area contributed by atoms with E-state index in [0.717, 1.165) is 30.9 Å². The monoisotopic (exact) mass is 486 g/mol. The van der Waals surface area contributed by atoms with Gasteiger partial charge in [-0.3, -0.25) is 9.52 Å². The zero-order chi connectivity index (χ0) is 24.8. The van der Waals surface area contributed by atoms with Crippen LogP contribution in [0.15, 0.2) is 42.5 Å². The summed E-state index contributed by atoms with van der Waals surface area (Å²) >= 11 is 0. The fraction of sp³-hybridized carbons (Fsp3) is 0.348. The lowest BCUT2D eigenvalue weighted by molar-refractivity contribution is -0.137. The van der Waals surface area contributed by atoms with Crippen LogP contribution in [0.5, 0.6) is 0 Å². The first-order chi connectivity index (χ1) is 15.3. The highest BCUT2D eigenvalue weighted by atomic mass is 32.2. The number of nitrogens with one attached hydrogen (secondary N) is 2. The predicted octanol–water partition coefficient (Wildman–Crippen LogP) is 5.45. The molecule has 2 aromatic rings. The third kappa shape index (κ3) is 8.20. The number of unbranched alkanes of at least 4 members (excludes halogenated alkanes) is 1. The van der Waals surface area contributed by atoms with Gasteiger partial charge < -0.3 is 5.32 Å². The molecule has 0 spiro atoms. The van der Waals surface area contributed by atoms with Crippen LogP contribution in [0.25, 0.3) is 6.08 Å². The van der Waals surface area contributed by atoms with Crippen molar-refractivity contribution in [1.29, 1.82) is 0 Å². The van der Waals surface area contributed by atoms with Crippen LogP contribution in [0.1, 0.15) is 55.0 Å². The Hall–Kier alpha value is -2.88. The average Bonchev–Trinajstić information content (AvgIpc) is 2.70. The van der Waals surface area contributed by atoms with Crippen molar-refractivity contribution in [2.75, 3.05) is 11.0 Å². The lowest BCUT2D eigenvalue weighted by atomic mass is 9.98. The van der Waals surface area contributed by atoms with Gasteiger partial charge in [0.2, 0.25) is 15.9 Å². The van der Waals surface area contributed by atoms with E-state index in [0.29, 0.717) is 29.5 Å². The summed E-state index contributed by atoms with van der Waals surface area (Å²) in [5.41, 5.74) is 0.481. The van der Waals surface area contributed by atoms with Crippen LogP contribution in [0.2, 0.25) is 0 Å². The maximum atomic E-state index is 14.2. The van der Waals surface area contributed by atoms with Gasteiger partial charge in [-0.2, -0.15) is 13.2 Å². The molecule has 0 bridgehead atoms. The van der Waals surface area contributed by atoms with Gasteiger partial charge in [-0.25, -0.2) is 12.8 Å². The van der Waals surface area contributed by atoms with E-state index in [9.17, 15) is 30.8 Å². The molecule has 0 aliphatic carbocycles. The van der Waals surface area contributed by atoms with Gasteiger partial charge in [0.15, 0.2) is 0 Å². The molecule has 0 fully saturated rings. The van der Waals surface area contributed by atoms with Crippen LogP contribution >= 0.6 is 0 Å². The smallest absolute Gasteiger partial charge is 0.346 e. The Morgan fingerprint density at radius 3 is 2.42 bits per heavy atom. The molecule has 2 rings (SSSR count). The number of amides is 1. The topological polar surface area (TPSA) is 75.3 Å². The molecule has 2 N–H and O–H groups in total. The number of alkyl halides is 3. The Kier molecular flexibility index (Phi) is 8.65. The van der Waals surface area contributed by atoms with Gasteiger partial charge in [-0.1, -0.05) is 25.5 Å². The summed E-state index contributed by atoms with van der Waals surface area (Å²) in [6.07, 6.45) is 1.09. The molecular formula is C23H26F4N2O3S. The predicted molar refractivity (Wildman–Crippen MR) is 121 cm³/mol. The third-order valence-corrected chi connectivity index (χ3v) is 5.42. The lowest BCUT2D eigenvalue weighted by Crippen LogP contribution is -2.24. The molecule has 33 heavy (non-hydrogen) atoms. The first-order valence-electron chi connectivity index (χ1n) is 10.3. The van der Waals surface area contributed by atoms with Crippen molar-refractivity contribution in [3.05, 3.63) is 70.5 Å². The lowest BCUT2D eigenvalue weighted by Gasteiger charge is -2.15. The zero-order valence-corrected chi connectivity index (χ0v) is 19.3. The number of sulfonamides is 1. The first-order valence-corrected chi connectivity index (χ1v) is 12.1. The Balaban J connectivity index is 2.13. The highest BCUT2D eigenvalue weighted by molar-refractivity contribution is 7.92. The van der Waals surface area contributed by atoms with Gasteiger partial charge in [-0.05, 0) is 66.8 Å². The molecular weight excluding hydrogens is 460 g/mol. The molecule has 0 radical (unpaired) electrons. The van der Waals surface area contributed by atoms with Gasteiger partial charge in [0.1, 0.15) is 5.82 Å². The number of aryl methyl sites for hydroxylation is 1. The molecule has 5 nitrogen and oxygen atoms in total. The molecule has 0 saturated heterocycles. The fourth-order valence-corrected chi connectivity index (χ4v) is 3.69. The number of halogens is 4. The molecule has 0 aliphatic heterocycles. The third-order valence-electron chi connectivity index (χ3n) is 4.83. The molecule has 0 heterocycles. The minimum absolute atomic E-state index is 0.207. The second-order valence-electron chi connectivity index (χ2n) is 7.69. The van der Waals surface area contributed by atoms with Gasteiger partial charge in [0, 0.05) is 6.08 Å². The van der Waals surface area contributed by atoms with E-state index in [1.807, 2.05) is 6.92 Å². The molecule has 0 saturated carbocycles. The minimum Gasteiger partial charge on any atom is -0.346 e. The van der Waals surface area contributed by atoms with Crippen LogP contribution in [-0.4, -0.2) is 20.6 Å². The van der Waals surface area contributed by atoms with Gasteiger partial charge in [0.05, 0.1) is 23.5 Å². The molecule has 2 aromatic carbocycles. The number of carbonyl (C=O) groups excluding carboxylic acids is 1. The molecule has 1 amide bonds. The van der Waals surface area contributed by atoms with Crippen molar-refractivity contribution in [3.63, 3.8) is 0 Å². The van der Waals surface area contributed by atoms with Crippen molar-refractivity contribution in [3.8, 4) is 0 Å². The number of hydrogen-bond donors (Lipinski definition) is 2. The number of carbonyl (C=O) groups is 1. The largest absolute Gasteiger partial charge is 0.416 e. The Bertz CT molecular complexity index is 1130. The second-order valence-corrected chi connectivity index (χ2v) is 9.44. The Morgan fingerprint density at radius 1 is 1.15 bits per heavy atom. The van der Waals surface area contributed by atoms with E-state index in [1.165, 1.54) is 30.4 Å². The summed E-state index contributed by atoms with van der Waals surface area (Å²) in [5, 5.41) is 2.65. The normalized spacial score (nSPS) is 13.2. The summed E-state index contributed by atoms with van der Waals surface area (Å²) in [7, 11) is -3.64. The number of rotatable bonds is 9. The van der Waals surface area contributed by atoms with Crippen LogP contribution in [0, 0.1) is 5.82 Å². The summed E-state index contributed by atoms with van der Waals surface area (Å²) in [5.74, 6) is -1.30. The Labute approximate surface area is 190 Å². The van der Waals surface area contributed by atoms with E-state index in [4.69, 9.17) is 0 Å². The molecule has 180 valence electrons. The first kappa shape index (κ1) is 26.4. The number of benzene rings is 2. The summed E-state index contributed by atoms with van der Waals surface area (Å²) in [6, 6.07) is 6.66. The SMILES string of the molecule is CCCCc1cc(C(F)(F)F)ccc1C=CC(=O)NC(C)c1ccc(NS(C)(=O)=O)c(F)c1. The van der Waals surface area contributed by atoms with Gasteiger partial charge in [-0.15, -0.1) is 0 Å². The zero-order valence-electron chi connectivity index (χ0n) is 18.5. The van der Waals surface area contributed by atoms with Crippen LogP contribution in [0.4, 0.5) is 23.2 Å². The molecule has 10 heteroatoms.